The van der Waals surface area contributed by atoms with Crippen LogP contribution in [0.25, 0.3) is 0 Å². The fraction of sp³-hybridized carbons (Fsp3) is 0.429. The van der Waals surface area contributed by atoms with Gasteiger partial charge in [-0.25, -0.2) is 0 Å². The summed E-state index contributed by atoms with van der Waals surface area (Å²) >= 11 is 0. The zero-order valence-electron chi connectivity index (χ0n) is 11.0. The van der Waals surface area contributed by atoms with E-state index in [4.69, 9.17) is 0 Å². The lowest BCUT2D eigenvalue weighted by Crippen LogP contribution is -2.29. The molecule has 0 atom stereocenters. The molecule has 0 bridgehead atoms. The third-order valence-corrected chi connectivity index (χ3v) is 3.34. The maximum absolute atomic E-state index is 12.1. The molecule has 2 heterocycles. The number of aryl methyl sites for hydroxylation is 1. The lowest BCUT2D eigenvalue weighted by atomic mass is 10.4. The van der Waals surface area contributed by atoms with Crippen LogP contribution < -0.4 is 5.32 Å². The molecule has 1 fully saturated rings. The highest BCUT2D eigenvalue weighted by Crippen LogP contribution is 2.35. The van der Waals surface area contributed by atoms with Crippen LogP contribution >= 0.6 is 0 Å². The van der Waals surface area contributed by atoms with Gasteiger partial charge in [-0.05, 0) is 37.5 Å². The molecular weight excluding hydrogens is 240 g/mol. The summed E-state index contributed by atoms with van der Waals surface area (Å²) in [6.45, 7) is 3.30. The Hall–Kier alpha value is -2.04. The van der Waals surface area contributed by atoms with Crippen molar-refractivity contribution in [3.8, 4) is 0 Å². The molecule has 0 spiro atoms. The van der Waals surface area contributed by atoms with Crippen LogP contribution in [-0.4, -0.2) is 26.8 Å². The van der Waals surface area contributed by atoms with Gasteiger partial charge in [0.2, 0.25) is 0 Å². The fourth-order valence-electron chi connectivity index (χ4n) is 2.22. The Morgan fingerprint density at radius 2 is 2.37 bits per heavy atom. The van der Waals surface area contributed by atoms with Gasteiger partial charge >= 0.3 is 0 Å². The van der Waals surface area contributed by atoms with Crippen LogP contribution in [-0.2, 0) is 6.54 Å². The molecule has 3 rings (SSSR count). The number of amides is 1. The van der Waals surface area contributed by atoms with Crippen molar-refractivity contribution < 1.29 is 4.79 Å². The van der Waals surface area contributed by atoms with Gasteiger partial charge < -0.3 is 9.88 Å². The second-order valence-electron chi connectivity index (χ2n) is 5.07. The third kappa shape index (κ3) is 2.70. The summed E-state index contributed by atoms with van der Waals surface area (Å²) in [4.78, 5) is 12.1. The molecule has 0 aliphatic heterocycles. The summed E-state index contributed by atoms with van der Waals surface area (Å²) in [7, 11) is 0. The molecule has 0 radical (unpaired) electrons. The second-order valence-corrected chi connectivity index (χ2v) is 5.07. The van der Waals surface area contributed by atoms with Crippen molar-refractivity contribution in [1.82, 2.24) is 19.7 Å². The Balaban J connectivity index is 1.54. The highest BCUT2D eigenvalue weighted by atomic mass is 16.1. The molecule has 5 nitrogen and oxygen atoms in total. The van der Waals surface area contributed by atoms with Crippen molar-refractivity contribution in [2.24, 2.45) is 0 Å². The van der Waals surface area contributed by atoms with Crippen LogP contribution in [0.4, 0.5) is 0 Å². The molecule has 1 aliphatic carbocycles. The maximum atomic E-state index is 12.1. The van der Waals surface area contributed by atoms with Crippen LogP contribution in [0.1, 0.15) is 34.9 Å². The average molecular weight is 258 g/mol. The van der Waals surface area contributed by atoms with Crippen LogP contribution in [0, 0.1) is 6.92 Å². The Bertz CT molecular complexity index is 580. The summed E-state index contributed by atoms with van der Waals surface area (Å²) < 4.78 is 3.92. The van der Waals surface area contributed by atoms with Crippen molar-refractivity contribution in [3.63, 3.8) is 0 Å². The first-order valence-electron chi connectivity index (χ1n) is 6.68. The molecule has 2 aromatic heterocycles. The van der Waals surface area contributed by atoms with E-state index in [2.05, 4.69) is 15.0 Å². The topological polar surface area (TPSA) is 51.9 Å². The standard InChI is InChI=1S/C14H18N4O/c1-11-9-16-17(10-11)8-6-15-14(19)13-3-2-7-18(13)12-4-5-12/h2-3,7,9-10,12H,4-6,8H2,1H3,(H,15,19). The number of nitrogens with one attached hydrogen (secondary N) is 1. The molecule has 1 N–H and O–H groups in total. The van der Waals surface area contributed by atoms with Crippen LogP contribution in [0.15, 0.2) is 30.7 Å². The summed E-state index contributed by atoms with van der Waals surface area (Å²) in [6.07, 6.45) is 8.14. The van der Waals surface area contributed by atoms with Crippen molar-refractivity contribution in [1.29, 1.82) is 0 Å². The normalized spacial score (nSPS) is 14.6. The molecule has 0 aromatic carbocycles. The van der Waals surface area contributed by atoms with Crippen LogP contribution in [0.5, 0.6) is 0 Å². The Morgan fingerprint density at radius 3 is 3.05 bits per heavy atom. The minimum atomic E-state index is 0.000720. The molecule has 1 amide bonds. The largest absolute Gasteiger partial charge is 0.349 e. The minimum Gasteiger partial charge on any atom is -0.349 e. The lowest BCUT2D eigenvalue weighted by Gasteiger charge is -2.08. The van der Waals surface area contributed by atoms with E-state index in [-0.39, 0.29) is 5.91 Å². The predicted octanol–water partition coefficient (Wildman–Crippen LogP) is 1.76. The van der Waals surface area contributed by atoms with E-state index >= 15 is 0 Å². The number of aromatic nitrogens is 3. The number of hydrogen-bond acceptors (Lipinski definition) is 2. The van der Waals surface area contributed by atoms with Gasteiger partial charge in [0.1, 0.15) is 5.69 Å². The molecule has 1 aliphatic rings. The Labute approximate surface area is 112 Å². The SMILES string of the molecule is Cc1cnn(CCNC(=O)c2cccn2C2CC2)c1. The molecule has 0 unspecified atom stereocenters. The molecule has 5 heteroatoms. The van der Waals surface area contributed by atoms with Crippen molar-refractivity contribution >= 4 is 5.91 Å². The monoisotopic (exact) mass is 258 g/mol. The van der Waals surface area contributed by atoms with Crippen LogP contribution in [0.2, 0.25) is 0 Å². The van der Waals surface area contributed by atoms with E-state index in [1.165, 1.54) is 12.8 Å². The molecule has 100 valence electrons. The zero-order valence-corrected chi connectivity index (χ0v) is 11.0. The molecular formula is C14H18N4O. The van der Waals surface area contributed by atoms with E-state index in [1.54, 1.807) is 0 Å². The Morgan fingerprint density at radius 1 is 1.53 bits per heavy atom. The quantitative estimate of drug-likeness (QED) is 0.888. The summed E-state index contributed by atoms with van der Waals surface area (Å²) in [5.41, 5.74) is 1.90. The summed E-state index contributed by atoms with van der Waals surface area (Å²) in [5.74, 6) is 0.000720. The highest BCUT2D eigenvalue weighted by Gasteiger charge is 2.26. The van der Waals surface area contributed by atoms with Crippen molar-refractivity contribution in [3.05, 3.63) is 42.0 Å². The molecule has 1 saturated carbocycles. The maximum Gasteiger partial charge on any atom is 0.267 e. The summed E-state index contributed by atoms with van der Waals surface area (Å²) in [6, 6.07) is 4.35. The minimum absolute atomic E-state index is 0.000720. The number of rotatable bonds is 5. The fourth-order valence-corrected chi connectivity index (χ4v) is 2.22. The number of carbonyl (C=O) groups is 1. The van der Waals surface area contributed by atoms with E-state index in [0.717, 1.165) is 11.3 Å². The smallest absolute Gasteiger partial charge is 0.267 e. The molecule has 19 heavy (non-hydrogen) atoms. The van der Waals surface area contributed by atoms with E-state index < -0.39 is 0 Å². The second kappa shape index (κ2) is 4.91. The zero-order chi connectivity index (χ0) is 13.2. The van der Waals surface area contributed by atoms with Crippen molar-refractivity contribution in [2.45, 2.75) is 32.4 Å². The van der Waals surface area contributed by atoms with Gasteiger partial charge in [0, 0.05) is 25.0 Å². The van der Waals surface area contributed by atoms with Crippen molar-refractivity contribution in [2.75, 3.05) is 6.54 Å². The number of nitrogens with zero attached hydrogens (tertiary/aromatic N) is 3. The van der Waals surface area contributed by atoms with E-state index in [9.17, 15) is 4.79 Å². The van der Waals surface area contributed by atoms with Gasteiger partial charge in [0.25, 0.3) is 5.91 Å². The average Bonchev–Trinajstić information content (AvgIpc) is 2.97. The summed E-state index contributed by atoms with van der Waals surface area (Å²) in [5, 5.41) is 7.14. The van der Waals surface area contributed by atoms with Gasteiger partial charge in [-0.1, -0.05) is 0 Å². The van der Waals surface area contributed by atoms with Gasteiger partial charge in [-0.2, -0.15) is 5.10 Å². The highest BCUT2D eigenvalue weighted by molar-refractivity contribution is 5.92. The predicted molar refractivity (Wildman–Crippen MR) is 72.0 cm³/mol. The third-order valence-electron chi connectivity index (χ3n) is 3.34. The molecule has 2 aromatic rings. The first kappa shape index (κ1) is 12.0. The van der Waals surface area contributed by atoms with Gasteiger partial charge in [0.05, 0.1) is 12.7 Å². The van der Waals surface area contributed by atoms with E-state index in [1.807, 2.05) is 42.3 Å². The molecule has 0 saturated heterocycles. The van der Waals surface area contributed by atoms with Gasteiger partial charge in [0.15, 0.2) is 0 Å². The Kier molecular flexibility index (Phi) is 3.11. The number of hydrogen-bond donors (Lipinski definition) is 1. The van der Waals surface area contributed by atoms with E-state index in [0.29, 0.717) is 19.1 Å². The number of carbonyl (C=O) groups excluding carboxylic acids is 1. The first-order chi connectivity index (χ1) is 9.24. The van der Waals surface area contributed by atoms with Gasteiger partial charge in [-0.3, -0.25) is 9.48 Å². The lowest BCUT2D eigenvalue weighted by molar-refractivity contribution is 0.0942. The van der Waals surface area contributed by atoms with Crippen LogP contribution in [0.3, 0.4) is 0 Å². The van der Waals surface area contributed by atoms with Gasteiger partial charge in [-0.15, -0.1) is 0 Å². The first-order valence-corrected chi connectivity index (χ1v) is 6.68.